The molecule has 0 spiro atoms. The monoisotopic (exact) mass is 207 g/mol. The van der Waals surface area contributed by atoms with Gasteiger partial charge in [-0.25, -0.2) is 0 Å². The molecule has 0 heterocycles. The van der Waals surface area contributed by atoms with Crippen molar-refractivity contribution in [2.45, 2.75) is 11.7 Å². The molecule has 7 heteroatoms. The lowest BCUT2D eigenvalue weighted by Crippen LogP contribution is -2.22. The Balaban J connectivity index is 2.96. The van der Waals surface area contributed by atoms with Crippen LogP contribution >= 0.6 is 0 Å². The second kappa shape index (κ2) is 2.67. The largest absolute Gasteiger partial charge is 0.468 e. The van der Waals surface area contributed by atoms with Gasteiger partial charge in [0, 0.05) is 0 Å². The highest BCUT2D eigenvalue weighted by atomic mass is 32.3. The summed E-state index contributed by atoms with van der Waals surface area (Å²) in [4.78, 5) is 10.9. The molecule has 0 saturated heterocycles. The van der Waals surface area contributed by atoms with E-state index in [1.165, 1.54) is 6.07 Å². The molecule has 1 fully saturated rings. The van der Waals surface area contributed by atoms with Gasteiger partial charge < -0.3 is 4.74 Å². The SMILES string of the molecule is COC(=O)[C@]1(C#N)C[C@H]1S(=O)(=O)F. The normalized spacial score (nSPS) is 31.9. The average Bonchev–Trinajstić information content (AvgIpc) is 2.78. The van der Waals surface area contributed by atoms with E-state index in [1.54, 1.807) is 0 Å². The maximum absolute atomic E-state index is 12.4. The molecule has 0 bridgehead atoms. The first-order valence-electron chi connectivity index (χ1n) is 3.31. The molecule has 2 atom stereocenters. The van der Waals surface area contributed by atoms with Gasteiger partial charge in [-0.05, 0) is 6.42 Å². The molecule has 0 radical (unpaired) electrons. The molecule has 0 aliphatic heterocycles. The van der Waals surface area contributed by atoms with Crippen LogP contribution in [0.3, 0.4) is 0 Å². The van der Waals surface area contributed by atoms with E-state index in [4.69, 9.17) is 5.26 Å². The van der Waals surface area contributed by atoms with Crippen molar-refractivity contribution in [3.05, 3.63) is 0 Å². The lowest BCUT2D eigenvalue weighted by Gasteiger charge is -2.02. The van der Waals surface area contributed by atoms with Crippen LogP contribution in [0.5, 0.6) is 0 Å². The number of hydrogen-bond donors (Lipinski definition) is 0. The van der Waals surface area contributed by atoms with Crippen molar-refractivity contribution in [1.82, 2.24) is 0 Å². The summed E-state index contributed by atoms with van der Waals surface area (Å²) < 4.78 is 37.3. The van der Waals surface area contributed by atoms with Crippen molar-refractivity contribution >= 4 is 16.2 Å². The molecule has 1 rings (SSSR count). The maximum atomic E-state index is 12.4. The van der Waals surface area contributed by atoms with Crippen LogP contribution in [0.4, 0.5) is 3.89 Å². The summed E-state index contributed by atoms with van der Waals surface area (Å²) in [6, 6.07) is 1.47. The molecular weight excluding hydrogens is 201 g/mol. The quantitative estimate of drug-likeness (QED) is 0.460. The summed E-state index contributed by atoms with van der Waals surface area (Å²) in [7, 11) is -3.81. The lowest BCUT2D eigenvalue weighted by atomic mass is 10.1. The fourth-order valence-electron chi connectivity index (χ4n) is 1.13. The van der Waals surface area contributed by atoms with Gasteiger partial charge in [-0.15, -0.1) is 3.89 Å². The zero-order chi connectivity index (χ0) is 10.3. The summed E-state index contributed by atoms with van der Waals surface area (Å²) >= 11 is 0. The van der Waals surface area contributed by atoms with Crippen LogP contribution in [-0.4, -0.2) is 26.7 Å². The van der Waals surface area contributed by atoms with Gasteiger partial charge in [-0.2, -0.15) is 13.7 Å². The van der Waals surface area contributed by atoms with Crippen LogP contribution < -0.4 is 0 Å². The van der Waals surface area contributed by atoms with Crippen molar-refractivity contribution < 1.29 is 21.8 Å². The van der Waals surface area contributed by atoms with E-state index < -0.39 is 26.9 Å². The summed E-state index contributed by atoms with van der Waals surface area (Å²) in [5, 5.41) is 6.95. The molecule has 0 amide bonds. The number of methoxy groups -OCH3 is 1. The number of hydrogen-bond acceptors (Lipinski definition) is 5. The first kappa shape index (κ1) is 9.92. The maximum Gasteiger partial charge on any atom is 0.327 e. The zero-order valence-electron chi connectivity index (χ0n) is 6.65. The Morgan fingerprint density at radius 3 is 2.54 bits per heavy atom. The second-order valence-corrected chi connectivity index (χ2v) is 4.26. The highest BCUT2D eigenvalue weighted by Gasteiger charge is 2.69. The van der Waals surface area contributed by atoms with E-state index in [9.17, 15) is 17.1 Å². The number of carbonyl (C=O) groups is 1. The van der Waals surface area contributed by atoms with Gasteiger partial charge in [0.15, 0.2) is 5.41 Å². The number of carbonyl (C=O) groups excluding carboxylic acids is 1. The van der Waals surface area contributed by atoms with E-state index in [2.05, 4.69) is 4.74 Å². The van der Waals surface area contributed by atoms with Crippen LogP contribution in [0.15, 0.2) is 0 Å². The minimum absolute atomic E-state index is 0.324. The first-order valence-corrected chi connectivity index (χ1v) is 4.76. The smallest absolute Gasteiger partial charge is 0.327 e. The highest BCUT2D eigenvalue weighted by Crippen LogP contribution is 2.51. The van der Waals surface area contributed by atoms with Crippen molar-refractivity contribution in [2.75, 3.05) is 7.11 Å². The zero-order valence-corrected chi connectivity index (χ0v) is 7.47. The Morgan fingerprint density at radius 2 is 2.31 bits per heavy atom. The standard InChI is InChI=1S/C6H6FNO4S/c1-12-5(9)6(3-8)2-4(6)13(7,10)11/h4H,2H2,1H3/t4-,6+/m1/s1. The number of ether oxygens (including phenoxy) is 1. The van der Waals surface area contributed by atoms with Crippen molar-refractivity contribution in [3.8, 4) is 6.07 Å². The molecule has 1 aliphatic carbocycles. The average molecular weight is 207 g/mol. The fourth-order valence-corrected chi connectivity index (χ4v) is 2.23. The summed E-state index contributed by atoms with van der Waals surface area (Å²) in [6.45, 7) is 0. The molecule has 72 valence electrons. The van der Waals surface area contributed by atoms with Gasteiger partial charge in [0.25, 0.3) is 0 Å². The first-order chi connectivity index (χ1) is 5.88. The van der Waals surface area contributed by atoms with E-state index in [-0.39, 0.29) is 6.42 Å². The third kappa shape index (κ3) is 1.37. The van der Waals surface area contributed by atoms with Gasteiger partial charge in [0.05, 0.1) is 13.2 Å². The minimum Gasteiger partial charge on any atom is -0.468 e. The lowest BCUT2D eigenvalue weighted by molar-refractivity contribution is -0.144. The van der Waals surface area contributed by atoms with E-state index in [1.807, 2.05) is 0 Å². The van der Waals surface area contributed by atoms with E-state index in [0.29, 0.717) is 0 Å². The molecule has 0 N–H and O–H groups in total. The van der Waals surface area contributed by atoms with Gasteiger partial charge in [-0.1, -0.05) is 0 Å². The van der Waals surface area contributed by atoms with Crippen LogP contribution in [0.25, 0.3) is 0 Å². The minimum atomic E-state index is -4.83. The second-order valence-electron chi connectivity index (χ2n) is 2.74. The molecule has 1 saturated carbocycles. The van der Waals surface area contributed by atoms with Crippen LogP contribution in [-0.2, 0) is 19.8 Å². The van der Waals surface area contributed by atoms with Crippen molar-refractivity contribution in [3.63, 3.8) is 0 Å². The molecule has 0 aromatic carbocycles. The topological polar surface area (TPSA) is 84.2 Å². The molecule has 1 aliphatic rings. The molecule has 0 aromatic rings. The fraction of sp³-hybridized carbons (Fsp3) is 0.667. The Kier molecular flexibility index (Phi) is 2.04. The van der Waals surface area contributed by atoms with Gasteiger partial charge in [-0.3, -0.25) is 4.79 Å². The third-order valence-corrected chi connectivity index (χ3v) is 3.23. The molecule has 0 unspecified atom stereocenters. The highest BCUT2D eigenvalue weighted by molar-refractivity contribution is 7.87. The molecule has 13 heavy (non-hydrogen) atoms. The number of nitrogens with zero attached hydrogens (tertiary/aromatic N) is 1. The number of halogens is 1. The van der Waals surface area contributed by atoms with Crippen LogP contribution in [0.2, 0.25) is 0 Å². The summed E-state index contributed by atoms with van der Waals surface area (Å²) in [6.07, 6.45) is -0.324. The van der Waals surface area contributed by atoms with Crippen LogP contribution in [0, 0.1) is 16.7 Å². The van der Waals surface area contributed by atoms with Gasteiger partial charge in [0.1, 0.15) is 5.25 Å². The Bertz CT molecular complexity index is 384. The van der Waals surface area contributed by atoms with E-state index >= 15 is 0 Å². The number of rotatable bonds is 2. The van der Waals surface area contributed by atoms with E-state index in [0.717, 1.165) is 7.11 Å². The third-order valence-electron chi connectivity index (χ3n) is 1.99. The molecule has 0 aromatic heterocycles. The van der Waals surface area contributed by atoms with Gasteiger partial charge >= 0.3 is 16.2 Å². The van der Waals surface area contributed by atoms with Crippen molar-refractivity contribution in [1.29, 1.82) is 5.26 Å². The number of esters is 1. The van der Waals surface area contributed by atoms with Crippen molar-refractivity contribution in [2.24, 2.45) is 5.41 Å². The molecule has 5 nitrogen and oxygen atoms in total. The Labute approximate surface area is 74.3 Å². The Hall–Kier alpha value is -1.16. The summed E-state index contributed by atoms with van der Waals surface area (Å²) in [5.41, 5.74) is -1.82. The number of nitriles is 1. The molecular formula is C6H6FNO4S. The van der Waals surface area contributed by atoms with Crippen LogP contribution in [0.1, 0.15) is 6.42 Å². The predicted molar refractivity (Wildman–Crippen MR) is 38.5 cm³/mol. The Morgan fingerprint density at radius 1 is 1.77 bits per heavy atom. The van der Waals surface area contributed by atoms with Gasteiger partial charge in [0.2, 0.25) is 0 Å². The predicted octanol–water partition coefficient (Wildman–Crippen LogP) is -0.259. The summed E-state index contributed by atoms with van der Waals surface area (Å²) in [5.74, 6) is -0.999.